The second-order valence-electron chi connectivity index (χ2n) is 6.24. The number of aliphatic imine (C=N–C) groups is 1. The summed E-state index contributed by atoms with van der Waals surface area (Å²) in [4.78, 5) is 27.0. The molecule has 1 aromatic rings. The number of benzene rings is 1. The average Bonchev–Trinajstić information content (AvgIpc) is 2.61. The molecule has 1 rings (SSSR count). The molecule has 3 unspecified atom stereocenters. The number of carbonyl (C=O) groups excluding carboxylic acids is 1. The topological polar surface area (TPSA) is 102 Å². The molecular weight excluding hydrogens is 352 g/mol. The zero-order chi connectivity index (χ0) is 19.5. The number of carboxylic acid groups (broad SMARTS) is 1. The molecule has 6 nitrogen and oxygen atoms in total. The zero-order valence-corrected chi connectivity index (χ0v) is 16.1. The lowest BCUT2D eigenvalue weighted by Crippen LogP contribution is -2.50. The van der Waals surface area contributed by atoms with Crippen molar-refractivity contribution in [2.24, 2.45) is 4.99 Å². The van der Waals surface area contributed by atoms with Crippen LogP contribution in [-0.4, -0.2) is 40.2 Å². The Morgan fingerprint density at radius 1 is 1.27 bits per heavy atom. The zero-order valence-electron chi connectivity index (χ0n) is 15.2. The Kier molecular flexibility index (Phi) is 9.80. The first-order valence-electron chi connectivity index (χ1n) is 8.85. The third kappa shape index (κ3) is 7.91. The van der Waals surface area contributed by atoms with Crippen LogP contribution in [0.25, 0.3) is 0 Å². The van der Waals surface area contributed by atoms with Gasteiger partial charge in [-0.2, -0.15) is 12.6 Å². The first kappa shape index (κ1) is 22.0. The first-order valence-corrected chi connectivity index (χ1v) is 9.36. The van der Waals surface area contributed by atoms with Crippen molar-refractivity contribution in [1.82, 2.24) is 5.32 Å². The van der Waals surface area contributed by atoms with Gasteiger partial charge in [-0.05, 0) is 31.2 Å². The van der Waals surface area contributed by atoms with Gasteiger partial charge in [0.25, 0.3) is 0 Å². The summed E-state index contributed by atoms with van der Waals surface area (Å²) in [5, 5.41) is 23.5. The summed E-state index contributed by atoms with van der Waals surface area (Å²) < 4.78 is 0. The van der Waals surface area contributed by atoms with Crippen molar-refractivity contribution in [2.45, 2.75) is 63.3 Å². The maximum absolute atomic E-state index is 12.4. The highest BCUT2D eigenvalue weighted by atomic mass is 32.1. The number of aliphatic carboxylic acids is 1. The minimum atomic E-state index is -1.19. The molecule has 0 aliphatic carbocycles. The number of carbonyl (C=O) groups is 2. The monoisotopic (exact) mass is 379 g/mol. The number of thiol groups is 1. The first-order chi connectivity index (χ1) is 12.3. The van der Waals surface area contributed by atoms with E-state index in [0.29, 0.717) is 6.42 Å². The molecule has 0 bridgehead atoms. The fourth-order valence-electron chi connectivity index (χ4n) is 2.37. The van der Waals surface area contributed by atoms with Crippen LogP contribution in [0.2, 0.25) is 0 Å². The van der Waals surface area contributed by atoms with E-state index in [1.807, 2.05) is 30.3 Å². The maximum atomic E-state index is 12.4. The molecule has 0 heterocycles. The van der Waals surface area contributed by atoms with Crippen molar-refractivity contribution in [2.75, 3.05) is 0 Å². The van der Waals surface area contributed by atoms with Gasteiger partial charge in [0.05, 0.1) is 11.3 Å². The quantitative estimate of drug-likeness (QED) is 0.236. The van der Waals surface area contributed by atoms with Crippen LogP contribution in [0.1, 0.15) is 45.1 Å². The molecule has 0 radical (unpaired) electrons. The number of unbranched alkanes of at least 4 members (excludes halogenated alkanes) is 2. The Balaban J connectivity index is 2.86. The highest BCUT2D eigenvalue weighted by molar-refractivity contribution is 7.81. The second kappa shape index (κ2) is 11.6. The summed E-state index contributed by atoms with van der Waals surface area (Å²) in [6.07, 6.45) is 3.82. The molecular formula is C19H27N2O4S-. The SMILES string of the molecule is CCCCCC(S)C(=O)NC(Cc1ccccc1)C([O-])=NC(C)C(=O)O. The minimum Gasteiger partial charge on any atom is -0.861 e. The number of rotatable bonds is 11. The lowest BCUT2D eigenvalue weighted by molar-refractivity contribution is -0.222. The third-order valence-electron chi connectivity index (χ3n) is 3.96. The molecule has 2 N–H and O–H groups in total. The van der Waals surface area contributed by atoms with Crippen LogP contribution in [0.15, 0.2) is 35.3 Å². The average molecular weight is 380 g/mol. The van der Waals surface area contributed by atoms with E-state index >= 15 is 0 Å². The van der Waals surface area contributed by atoms with Crippen molar-refractivity contribution in [3.63, 3.8) is 0 Å². The van der Waals surface area contributed by atoms with Crippen LogP contribution in [0, 0.1) is 0 Å². The van der Waals surface area contributed by atoms with E-state index in [0.717, 1.165) is 24.8 Å². The van der Waals surface area contributed by atoms with Crippen molar-refractivity contribution in [3.05, 3.63) is 35.9 Å². The number of nitrogens with zero attached hydrogens (tertiary/aromatic N) is 1. The van der Waals surface area contributed by atoms with Crippen LogP contribution in [-0.2, 0) is 16.0 Å². The number of amides is 1. The molecule has 1 amide bonds. The Hall–Kier alpha value is -2.02. The van der Waals surface area contributed by atoms with Gasteiger partial charge < -0.3 is 15.5 Å². The van der Waals surface area contributed by atoms with E-state index in [1.54, 1.807) is 0 Å². The molecule has 3 atom stereocenters. The number of nitrogens with one attached hydrogen (secondary N) is 1. The smallest absolute Gasteiger partial charge is 0.328 e. The van der Waals surface area contributed by atoms with Crippen molar-refractivity contribution >= 4 is 30.4 Å². The van der Waals surface area contributed by atoms with Gasteiger partial charge in [0.15, 0.2) is 0 Å². The van der Waals surface area contributed by atoms with Gasteiger partial charge in [-0.3, -0.25) is 9.79 Å². The van der Waals surface area contributed by atoms with Crippen LogP contribution < -0.4 is 10.4 Å². The number of hydrogen-bond donors (Lipinski definition) is 3. The molecule has 0 aliphatic rings. The fourth-order valence-corrected chi connectivity index (χ4v) is 2.63. The van der Waals surface area contributed by atoms with Gasteiger partial charge >= 0.3 is 5.97 Å². The normalized spacial score (nSPS) is 15.1. The van der Waals surface area contributed by atoms with E-state index in [2.05, 4.69) is 29.9 Å². The fraction of sp³-hybridized carbons (Fsp3) is 0.526. The number of carboxylic acids is 1. The van der Waals surface area contributed by atoms with Crippen molar-refractivity contribution in [1.29, 1.82) is 0 Å². The van der Waals surface area contributed by atoms with E-state index in [1.165, 1.54) is 6.92 Å². The summed E-state index contributed by atoms with van der Waals surface area (Å²) in [6, 6.07) is 7.14. The maximum Gasteiger partial charge on any atom is 0.328 e. The summed E-state index contributed by atoms with van der Waals surface area (Å²) in [5.74, 6) is -2.17. The van der Waals surface area contributed by atoms with Crippen LogP contribution in [0.5, 0.6) is 0 Å². The van der Waals surface area contributed by atoms with Crippen LogP contribution in [0.3, 0.4) is 0 Å². The molecule has 0 fully saturated rings. The molecule has 26 heavy (non-hydrogen) atoms. The van der Waals surface area contributed by atoms with Gasteiger partial charge in [0.2, 0.25) is 5.91 Å². The largest absolute Gasteiger partial charge is 0.861 e. The summed E-state index contributed by atoms with van der Waals surface area (Å²) in [5.41, 5.74) is 0.853. The van der Waals surface area contributed by atoms with Gasteiger partial charge in [0, 0.05) is 0 Å². The van der Waals surface area contributed by atoms with E-state index < -0.39 is 29.2 Å². The van der Waals surface area contributed by atoms with Gasteiger partial charge in [-0.1, -0.05) is 56.5 Å². The summed E-state index contributed by atoms with van der Waals surface area (Å²) in [6.45, 7) is 3.40. The van der Waals surface area contributed by atoms with Crippen LogP contribution >= 0.6 is 12.6 Å². The van der Waals surface area contributed by atoms with E-state index in [9.17, 15) is 14.7 Å². The molecule has 0 saturated heterocycles. The molecule has 7 heteroatoms. The van der Waals surface area contributed by atoms with Gasteiger partial charge in [-0.15, -0.1) is 0 Å². The predicted octanol–water partition coefficient (Wildman–Crippen LogP) is 1.82. The standard InChI is InChI=1S/C19H28N2O4S/c1-3-4-6-11-16(26)18(23)21-15(12-14-9-7-5-8-10-14)17(22)20-13(2)19(24)25/h5,7-10,13,15-16,26H,3-4,6,11-12H2,1-2H3,(H,20,22)(H,21,23)(H,24,25)/p-1. The highest BCUT2D eigenvalue weighted by Gasteiger charge is 2.20. The molecule has 0 aromatic heterocycles. The van der Waals surface area contributed by atoms with Crippen molar-refractivity contribution in [3.8, 4) is 0 Å². The molecule has 0 spiro atoms. The Labute approximate surface area is 160 Å². The lowest BCUT2D eigenvalue weighted by atomic mass is 10.0. The Morgan fingerprint density at radius 2 is 1.92 bits per heavy atom. The van der Waals surface area contributed by atoms with Gasteiger partial charge in [0.1, 0.15) is 6.04 Å². The predicted molar refractivity (Wildman–Crippen MR) is 104 cm³/mol. The molecule has 0 saturated carbocycles. The Morgan fingerprint density at radius 3 is 2.50 bits per heavy atom. The third-order valence-corrected chi connectivity index (χ3v) is 4.45. The molecule has 144 valence electrons. The van der Waals surface area contributed by atoms with E-state index in [4.69, 9.17) is 5.11 Å². The molecule has 1 aromatic carbocycles. The number of hydrogen-bond acceptors (Lipinski definition) is 5. The van der Waals surface area contributed by atoms with Crippen molar-refractivity contribution < 1.29 is 19.8 Å². The summed E-state index contributed by atoms with van der Waals surface area (Å²) in [7, 11) is 0. The summed E-state index contributed by atoms with van der Waals surface area (Å²) >= 11 is 4.32. The second-order valence-corrected chi connectivity index (χ2v) is 6.87. The van der Waals surface area contributed by atoms with Gasteiger partial charge in [-0.25, -0.2) is 4.79 Å². The Bertz CT molecular complexity index is 607. The minimum absolute atomic E-state index is 0.247. The molecule has 0 aliphatic heterocycles. The van der Waals surface area contributed by atoms with Crippen LogP contribution in [0.4, 0.5) is 0 Å². The lowest BCUT2D eigenvalue weighted by Gasteiger charge is -2.26. The van der Waals surface area contributed by atoms with E-state index in [-0.39, 0.29) is 12.3 Å². The highest BCUT2D eigenvalue weighted by Crippen LogP contribution is 2.10.